The van der Waals surface area contributed by atoms with Crippen molar-refractivity contribution in [3.05, 3.63) is 78.3 Å². The Morgan fingerprint density at radius 1 is 1.00 bits per heavy atom. The second-order valence-electron chi connectivity index (χ2n) is 8.16. The zero-order valence-corrected chi connectivity index (χ0v) is 20.9. The van der Waals surface area contributed by atoms with Crippen LogP contribution in [0.25, 0.3) is 0 Å². The highest BCUT2D eigenvalue weighted by Crippen LogP contribution is 2.24. The van der Waals surface area contributed by atoms with E-state index >= 15 is 0 Å². The Labute approximate surface area is 205 Å². The molecule has 3 aromatic rings. The van der Waals surface area contributed by atoms with Crippen LogP contribution in [-0.2, 0) is 37.9 Å². The second kappa shape index (κ2) is 10.9. The first-order valence-corrected chi connectivity index (χ1v) is 14.1. The Bertz CT molecular complexity index is 1320. The molecule has 1 saturated heterocycles. The number of nitrogens with zero attached hydrogens (tertiary/aromatic N) is 1. The summed E-state index contributed by atoms with van der Waals surface area (Å²) in [5, 5.41) is 0. The molecule has 2 heterocycles. The van der Waals surface area contributed by atoms with Crippen LogP contribution in [0, 0.1) is 0 Å². The van der Waals surface area contributed by atoms with Crippen LogP contribution in [0.15, 0.2) is 81.1 Å². The van der Waals surface area contributed by atoms with Crippen LogP contribution >= 0.6 is 0 Å². The lowest BCUT2D eigenvalue weighted by Crippen LogP contribution is -2.32. The molecule has 1 aliphatic rings. The lowest BCUT2D eigenvalue weighted by Gasteiger charge is -2.22. The Balaban J connectivity index is 1.56. The predicted molar refractivity (Wildman–Crippen MR) is 129 cm³/mol. The van der Waals surface area contributed by atoms with E-state index in [2.05, 4.69) is 4.72 Å². The van der Waals surface area contributed by atoms with Crippen molar-refractivity contribution in [3.63, 3.8) is 0 Å². The monoisotopic (exact) mass is 520 g/mol. The standard InChI is InChI=1S/C24H28N2O7S2/c1-31-20-6-2-5-19(15-20)17-26(18-22-8-4-14-33-22)35(29,30)24-11-9-23(10-12-24)34(27,28)25-16-21-7-3-13-32-21/h2,4-6,8-12,14-15,21,25H,3,7,13,16-18H2,1H3. The first kappa shape index (κ1) is 25.4. The van der Waals surface area contributed by atoms with Crippen molar-refractivity contribution in [2.24, 2.45) is 0 Å². The van der Waals surface area contributed by atoms with Gasteiger partial charge in [-0.25, -0.2) is 21.6 Å². The molecule has 35 heavy (non-hydrogen) atoms. The van der Waals surface area contributed by atoms with E-state index in [1.54, 1.807) is 37.4 Å². The van der Waals surface area contributed by atoms with Crippen molar-refractivity contribution >= 4 is 20.0 Å². The molecule has 0 bridgehead atoms. The smallest absolute Gasteiger partial charge is 0.243 e. The summed E-state index contributed by atoms with van der Waals surface area (Å²) < 4.78 is 72.3. The molecule has 1 unspecified atom stereocenters. The highest BCUT2D eigenvalue weighted by Gasteiger charge is 2.27. The average molecular weight is 521 g/mol. The topological polar surface area (TPSA) is 115 Å². The Kier molecular flexibility index (Phi) is 7.92. The number of hydrogen-bond donors (Lipinski definition) is 1. The normalized spacial score (nSPS) is 16.6. The van der Waals surface area contributed by atoms with Crippen molar-refractivity contribution in [1.82, 2.24) is 9.03 Å². The minimum atomic E-state index is -3.99. The van der Waals surface area contributed by atoms with Crippen LogP contribution in [0.1, 0.15) is 24.2 Å². The molecule has 0 radical (unpaired) electrons. The molecule has 9 nitrogen and oxygen atoms in total. The molecule has 0 amide bonds. The number of hydrogen-bond acceptors (Lipinski definition) is 7. The van der Waals surface area contributed by atoms with Crippen LogP contribution in [0.3, 0.4) is 0 Å². The molecule has 188 valence electrons. The van der Waals surface area contributed by atoms with Gasteiger partial charge in [-0.05, 0) is 66.9 Å². The highest BCUT2D eigenvalue weighted by atomic mass is 32.2. The number of furan rings is 1. The lowest BCUT2D eigenvalue weighted by atomic mass is 10.2. The summed E-state index contributed by atoms with van der Waals surface area (Å²) in [6.07, 6.45) is 3.05. The van der Waals surface area contributed by atoms with Gasteiger partial charge in [-0.3, -0.25) is 0 Å². The quantitative estimate of drug-likeness (QED) is 0.413. The SMILES string of the molecule is COc1cccc(CN(Cc2ccco2)S(=O)(=O)c2ccc(S(=O)(=O)NCC3CCCO3)cc2)c1. The maximum atomic E-state index is 13.5. The van der Waals surface area contributed by atoms with Gasteiger partial charge in [0.1, 0.15) is 11.5 Å². The molecule has 1 fully saturated rings. The van der Waals surface area contributed by atoms with E-state index in [1.807, 2.05) is 6.07 Å². The Morgan fingerprint density at radius 3 is 2.43 bits per heavy atom. The van der Waals surface area contributed by atoms with E-state index in [9.17, 15) is 16.8 Å². The molecule has 0 saturated carbocycles. The van der Waals surface area contributed by atoms with E-state index in [-0.39, 0.29) is 35.5 Å². The summed E-state index contributed by atoms with van der Waals surface area (Å²) in [7, 11) is -6.24. The fraction of sp³-hybridized carbons (Fsp3) is 0.333. The lowest BCUT2D eigenvalue weighted by molar-refractivity contribution is 0.114. The molecule has 4 rings (SSSR count). The van der Waals surface area contributed by atoms with E-state index in [4.69, 9.17) is 13.9 Å². The van der Waals surface area contributed by atoms with Gasteiger partial charge < -0.3 is 13.9 Å². The molecule has 1 aliphatic heterocycles. The van der Waals surface area contributed by atoms with Gasteiger partial charge in [-0.1, -0.05) is 12.1 Å². The number of methoxy groups -OCH3 is 1. The zero-order valence-electron chi connectivity index (χ0n) is 19.3. The minimum absolute atomic E-state index is 0.00946. The molecule has 1 atom stereocenters. The van der Waals surface area contributed by atoms with Crippen molar-refractivity contribution in [2.45, 2.75) is 41.8 Å². The van der Waals surface area contributed by atoms with Crippen molar-refractivity contribution < 1.29 is 30.7 Å². The summed E-state index contributed by atoms with van der Waals surface area (Å²) in [5.41, 5.74) is 0.733. The Morgan fingerprint density at radius 2 is 1.77 bits per heavy atom. The maximum absolute atomic E-state index is 13.5. The van der Waals surface area contributed by atoms with Gasteiger partial charge in [0, 0.05) is 19.7 Å². The van der Waals surface area contributed by atoms with Crippen molar-refractivity contribution in [1.29, 1.82) is 0 Å². The van der Waals surface area contributed by atoms with Crippen molar-refractivity contribution in [3.8, 4) is 5.75 Å². The van der Waals surface area contributed by atoms with E-state index in [0.717, 1.165) is 18.4 Å². The first-order valence-electron chi connectivity index (χ1n) is 11.1. The molecule has 11 heteroatoms. The zero-order chi connectivity index (χ0) is 24.9. The van der Waals surface area contributed by atoms with Crippen LogP contribution in [0.2, 0.25) is 0 Å². The highest BCUT2D eigenvalue weighted by molar-refractivity contribution is 7.89. The Hall–Kier alpha value is -2.70. The van der Waals surface area contributed by atoms with Crippen LogP contribution < -0.4 is 9.46 Å². The van der Waals surface area contributed by atoms with Gasteiger partial charge in [0.05, 0.1) is 35.8 Å². The van der Waals surface area contributed by atoms with Gasteiger partial charge in [0.15, 0.2) is 0 Å². The average Bonchev–Trinajstić information content (AvgIpc) is 3.57. The number of sulfonamides is 2. The summed E-state index contributed by atoms with van der Waals surface area (Å²) in [6, 6.07) is 15.7. The molecule has 1 N–H and O–H groups in total. The molecule has 0 aliphatic carbocycles. The first-order chi connectivity index (χ1) is 16.8. The van der Waals surface area contributed by atoms with Crippen LogP contribution in [-0.4, -0.2) is 47.5 Å². The summed E-state index contributed by atoms with van der Waals surface area (Å²) >= 11 is 0. The van der Waals surface area contributed by atoms with E-state index < -0.39 is 20.0 Å². The summed E-state index contributed by atoms with van der Waals surface area (Å²) in [4.78, 5) is -0.0372. The third-order valence-electron chi connectivity index (χ3n) is 5.70. The maximum Gasteiger partial charge on any atom is 0.243 e. The van der Waals surface area contributed by atoms with E-state index in [1.165, 1.54) is 34.8 Å². The molecule has 2 aromatic carbocycles. The van der Waals surface area contributed by atoms with Crippen LogP contribution in [0.4, 0.5) is 0 Å². The summed E-state index contributed by atoms with van der Waals surface area (Å²) in [5.74, 6) is 1.09. The van der Waals surface area contributed by atoms with Crippen molar-refractivity contribution in [2.75, 3.05) is 20.3 Å². The second-order valence-corrected chi connectivity index (χ2v) is 11.9. The van der Waals surface area contributed by atoms with Gasteiger partial charge in [0.25, 0.3) is 0 Å². The minimum Gasteiger partial charge on any atom is -0.497 e. The molecule has 0 spiro atoms. The van der Waals surface area contributed by atoms with Gasteiger partial charge in [0.2, 0.25) is 20.0 Å². The number of rotatable bonds is 11. The molecule has 1 aromatic heterocycles. The number of nitrogens with one attached hydrogen (secondary N) is 1. The fourth-order valence-corrected chi connectivity index (χ4v) is 6.27. The van der Waals surface area contributed by atoms with E-state index in [0.29, 0.717) is 18.1 Å². The fourth-order valence-electron chi connectivity index (χ4n) is 3.81. The number of ether oxygens (including phenoxy) is 2. The van der Waals surface area contributed by atoms with Gasteiger partial charge in [-0.15, -0.1) is 0 Å². The molecular weight excluding hydrogens is 492 g/mol. The largest absolute Gasteiger partial charge is 0.497 e. The van der Waals surface area contributed by atoms with Crippen LogP contribution in [0.5, 0.6) is 5.75 Å². The number of benzene rings is 2. The van der Waals surface area contributed by atoms with Gasteiger partial charge >= 0.3 is 0 Å². The van der Waals surface area contributed by atoms with Gasteiger partial charge in [-0.2, -0.15) is 4.31 Å². The summed E-state index contributed by atoms with van der Waals surface area (Å²) in [6.45, 7) is 0.891. The molecular formula is C24H28N2O7S2. The predicted octanol–water partition coefficient (Wildman–Crippen LogP) is 3.14. The third kappa shape index (κ3) is 6.30. The third-order valence-corrected chi connectivity index (χ3v) is 8.95.